The molecule has 2 aromatic carbocycles. The third kappa shape index (κ3) is 3.82. The first kappa shape index (κ1) is 19.4. The molecular formula is C21H18N2O4S. The number of nitrogens with zero attached hydrogens (tertiary/aromatic N) is 2. The Bertz CT molecular complexity index is 1150. The highest BCUT2D eigenvalue weighted by molar-refractivity contribution is 7.90. The molecule has 1 aromatic heterocycles. The molecule has 0 radical (unpaired) electrons. The smallest absolute Gasteiger partial charge is 0.232 e. The van der Waals surface area contributed by atoms with Gasteiger partial charge in [-0.1, -0.05) is 12.1 Å². The molecule has 0 aliphatic carbocycles. The highest BCUT2D eigenvalue weighted by atomic mass is 32.2. The SMILES string of the molecule is COc1ccc(-c2nc(OC)c(C#N)cc2-c2ccc(S(C)(=O)=O)cc2)cc1. The average Bonchev–Trinajstić information content (AvgIpc) is 2.72. The Hall–Kier alpha value is -3.37. The minimum atomic E-state index is -3.30. The van der Waals surface area contributed by atoms with Crippen LogP contribution in [0.5, 0.6) is 11.6 Å². The lowest BCUT2D eigenvalue weighted by atomic mass is 9.98. The van der Waals surface area contributed by atoms with Gasteiger partial charge in [0.1, 0.15) is 17.4 Å². The van der Waals surface area contributed by atoms with Crippen LogP contribution in [0.25, 0.3) is 22.4 Å². The lowest BCUT2D eigenvalue weighted by Gasteiger charge is -2.13. The van der Waals surface area contributed by atoms with Gasteiger partial charge in [0.25, 0.3) is 0 Å². The Morgan fingerprint density at radius 1 is 0.929 bits per heavy atom. The standard InChI is InChI=1S/C21H18N2O4S/c1-26-17-8-4-15(5-9-17)20-19(12-16(13-22)21(23-20)27-2)14-6-10-18(11-7-14)28(3,24)25/h4-12H,1-3H3. The topological polar surface area (TPSA) is 89.3 Å². The van der Waals surface area contributed by atoms with Gasteiger partial charge in [-0.15, -0.1) is 0 Å². The highest BCUT2D eigenvalue weighted by Gasteiger charge is 2.16. The van der Waals surface area contributed by atoms with Crippen LogP contribution in [0.3, 0.4) is 0 Å². The van der Waals surface area contributed by atoms with Crippen LogP contribution < -0.4 is 9.47 Å². The molecule has 0 N–H and O–H groups in total. The van der Waals surface area contributed by atoms with Crippen LogP contribution in [0.1, 0.15) is 5.56 Å². The van der Waals surface area contributed by atoms with Gasteiger partial charge in [0, 0.05) is 17.4 Å². The molecule has 0 bridgehead atoms. The van der Waals surface area contributed by atoms with Gasteiger partial charge in [-0.3, -0.25) is 0 Å². The molecule has 0 unspecified atom stereocenters. The average molecular weight is 394 g/mol. The summed E-state index contributed by atoms with van der Waals surface area (Å²) in [7, 11) is -0.247. The molecule has 0 aliphatic heterocycles. The number of ether oxygens (including phenoxy) is 2. The van der Waals surface area contributed by atoms with Crippen LogP contribution in [-0.4, -0.2) is 33.9 Å². The first-order valence-electron chi connectivity index (χ1n) is 8.31. The van der Waals surface area contributed by atoms with Crippen LogP contribution in [0.2, 0.25) is 0 Å². The van der Waals surface area contributed by atoms with Gasteiger partial charge in [-0.05, 0) is 48.0 Å². The summed E-state index contributed by atoms with van der Waals surface area (Å²) >= 11 is 0. The predicted molar refractivity (Wildman–Crippen MR) is 106 cm³/mol. The summed E-state index contributed by atoms with van der Waals surface area (Å²) < 4.78 is 33.9. The van der Waals surface area contributed by atoms with E-state index >= 15 is 0 Å². The maximum Gasteiger partial charge on any atom is 0.232 e. The van der Waals surface area contributed by atoms with E-state index < -0.39 is 9.84 Å². The van der Waals surface area contributed by atoms with Gasteiger partial charge in [0.2, 0.25) is 5.88 Å². The summed E-state index contributed by atoms with van der Waals surface area (Å²) in [6.45, 7) is 0. The summed E-state index contributed by atoms with van der Waals surface area (Å²) in [6.07, 6.45) is 1.16. The molecular weight excluding hydrogens is 376 g/mol. The van der Waals surface area contributed by atoms with Crippen molar-refractivity contribution in [1.82, 2.24) is 4.98 Å². The van der Waals surface area contributed by atoms with Crippen LogP contribution in [-0.2, 0) is 9.84 Å². The Balaban J connectivity index is 2.22. The van der Waals surface area contributed by atoms with E-state index in [1.807, 2.05) is 24.3 Å². The minimum Gasteiger partial charge on any atom is -0.497 e. The second-order valence-electron chi connectivity index (χ2n) is 6.08. The Labute approximate surface area is 163 Å². The molecule has 142 valence electrons. The number of aromatic nitrogens is 1. The molecule has 7 heteroatoms. The van der Waals surface area contributed by atoms with E-state index in [9.17, 15) is 13.7 Å². The molecule has 0 amide bonds. The van der Waals surface area contributed by atoms with Gasteiger partial charge >= 0.3 is 0 Å². The minimum absolute atomic E-state index is 0.226. The zero-order valence-corrected chi connectivity index (χ0v) is 16.4. The fourth-order valence-corrected chi connectivity index (χ4v) is 3.43. The second kappa shape index (κ2) is 7.71. The molecule has 3 rings (SSSR count). The normalized spacial score (nSPS) is 10.9. The fraction of sp³-hybridized carbons (Fsp3) is 0.143. The van der Waals surface area contributed by atoms with Crippen molar-refractivity contribution in [3.8, 4) is 40.1 Å². The Morgan fingerprint density at radius 3 is 2.04 bits per heavy atom. The maximum atomic E-state index is 11.7. The van der Waals surface area contributed by atoms with E-state index in [-0.39, 0.29) is 10.8 Å². The predicted octanol–water partition coefficient (Wildman–Crippen LogP) is 3.71. The lowest BCUT2D eigenvalue weighted by Crippen LogP contribution is -1.99. The van der Waals surface area contributed by atoms with Crippen LogP contribution >= 0.6 is 0 Å². The molecule has 0 fully saturated rings. The summed E-state index contributed by atoms with van der Waals surface area (Å²) in [5, 5.41) is 9.44. The van der Waals surface area contributed by atoms with Crippen molar-refractivity contribution in [1.29, 1.82) is 5.26 Å². The summed E-state index contributed by atoms with van der Waals surface area (Å²) in [5.74, 6) is 0.938. The fourth-order valence-electron chi connectivity index (χ4n) is 2.80. The number of hydrogen-bond acceptors (Lipinski definition) is 6. The van der Waals surface area contributed by atoms with E-state index in [4.69, 9.17) is 9.47 Å². The summed E-state index contributed by atoms with van der Waals surface area (Å²) in [5.41, 5.74) is 3.16. The number of nitriles is 1. The zero-order valence-electron chi connectivity index (χ0n) is 15.6. The van der Waals surface area contributed by atoms with E-state index in [0.717, 1.165) is 17.4 Å². The molecule has 6 nitrogen and oxygen atoms in total. The van der Waals surface area contributed by atoms with Crippen molar-refractivity contribution >= 4 is 9.84 Å². The van der Waals surface area contributed by atoms with Crippen molar-refractivity contribution in [2.75, 3.05) is 20.5 Å². The molecule has 0 atom stereocenters. The number of sulfone groups is 1. The molecule has 3 aromatic rings. The van der Waals surface area contributed by atoms with E-state index in [2.05, 4.69) is 11.1 Å². The van der Waals surface area contributed by atoms with Gasteiger partial charge in [0.15, 0.2) is 9.84 Å². The van der Waals surface area contributed by atoms with E-state index in [1.165, 1.54) is 7.11 Å². The molecule has 1 heterocycles. The van der Waals surface area contributed by atoms with Crippen LogP contribution in [0, 0.1) is 11.3 Å². The monoisotopic (exact) mass is 394 g/mol. The summed E-state index contributed by atoms with van der Waals surface area (Å²) in [4.78, 5) is 4.76. The van der Waals surface area contributed by atoms with Gasteiger partial charge in [-0.2, -0.15) is 5.26 Å². The molecule has 0 spiro atoms. The molecule has 28 heavy (non-hydrogen) atoms. The van der Waals surface area contributed by atoms with Gasteiger partial charge in [0.05, 0.1) is 24.8 Å². The van der Waals surface area contributed by atoms with Gasteiger partial charge in [-0.25, -0.2) is 13.4 Å². The van der Waals surface area contributed by atoms with Crippen LogP contribution in [0.15, 0.2) is 59.5 Å². The molecule has 0 saturated heterocycles. The number of benzene rings is 2. The second-order valence-corrected chi connectivity index (χ2v) is 8.09. The van der Waals surface area contributed by atoms with Crippen molar-refractivity contribution in [2.24, 2.45) is 0 Å². The Kier molecular flexibility index (Phi) is 5.34. The van der Waals surface area contributed by atoms with Crippen molar-refractivity contribution < 1.29 is 17.9 Å². The number of rotatable bonds is 5. The van der Waals surface area contributed by atoms with Crippen molar-refractivity contribution in [3.63, 3.8) is 0 Å². The number of pyridine rings is 1. The van der Waals surface area contributed by atoms with Gasteiger partial charge < -0.3 is 9.47 Å². The quantitative estimate of drug-likeness (QED) is 0.655. The zero-order chi connectivity index (χ0) is 20.3. The number of methoxy groups -OCH3 is 2. The lowest BCUT2D eigenvalue weighted by molar-refractivity contribution is 0.397. The van der Waals surface area contributed by atoms with E-state index in [1.54, 1.807) is 37.4 Å². The molecule has 0 aliphatic rings. The molecule has 0 saturated carbocycles. The van der Waals surface area contributed by atoms with E-state index in [0.29, 0.717) is 22.6 Å². The van der Waals surface area contributed by atoms with Crippen molar-refractivity contribution in [2.45, 2.75) is 4.90 Å². The third-order valence-corrected chi connectivity index (χ3v) is 5.39. The first-order valence-corrected chi connectivity index (χ1v) is 10.2. The van der Waals surface area contributed by atoms with Crippen molar-refractivity contribution in [3.05, 3.63) is 60.2 Å². The Morgan fingerprint density at radius 2 is 1.54 bits per heavy atom. The largest absolute Gasteiger partial charge is 0.497 e. The first-order chi connectivity index (χ1) is 13.4. The van der Waals surface area contributed by atoms with Crippen LogP contribution in [0.4, 0.5) is 0 Å². The number of hydrogen-bond donors (Lipinski definition) is 0. The third-order valence-electron chi connectivity index (χ3n) is 4.26. The summed E-state index contributed by atoms with van der Waals surface area (Å²) in [6, 6.07) is 17.6. The highest BCUT2D eigenvalue weighted by Crippen LogP contribution is 2.35. The maximum absolute atomic E-state index is 11.7.